The van der Waals surface area contributed by atoms with Crippen molar-refractivity contribution < 1.29 is 0 Å². The van der Waals surface area contributed by atoms with E-state index in [1.165, 1.54) is 74.7 Å². The van der Waals surface area contributed by atoms with Gasteiger partial charge in [0.25, 0.3) is 0 Å². The quantitative estimate of drug-likeness (QED) is 0.172. The van der Waals surface area contributed by atoms with E-state index >= 15 is 0 Å². The number of pyridine rings is 1. The summed E-state index contributed by atoms with van der Waals surface area (Å²) < 4.78 is 2.51. The van der Waals surface area contributed by atoms with Crippen LogP contribution in [0.2, 0.25) is 0 Å². The third-order valence-electron chi connectivity index (χ3n) is 9.90. The van der Waals surface area contributed by atoms with Gasteiger partial charge in [0, 0.05) is 37.7 Å². The summed E-state index contributed by atoms with van der Waals surface area (Å²) in [5, 5.41) is 10.1. The van der Waals surface area contributed by atoms with Gasteiger partial charge in [0.1, 0.15) is 5.82 Å². The molecule has 0 aliphatic rings. The third-order valence-corrected chi connectivity index (χ3v) is 11.0. The van der Waals surface area contributed by atoms with E-state index in [4.69, 9.17) is 4.98 Å². The Morgan fingerprint density at radius 1 is 0.400 bits per heavy atom. The maximum Gasteiger partial charge on any atom is 0.138 e. The molecule has 3 heteroatoms. The van der Waals surface area contributed by atoms with Gasteiger partial charge in [-0.2, -0.15) is 0 Å². The minimum Gasteiger partial charge on any atom is -0.295 e. The monoisotopic (exact) mass is 654 g/mol. The highest BCUT2D eigenvalue weighted by Gasteiger charge is 2.18. The fraction of sp³-hybridized carbons (Fsp3) is 0. The molecule has 0 unspecified atom stereocenters. The van der Waals surface area contributed by atoms with Gasteiger partial charge in [-0.05, 0) is 97.0 Å². The van der Waals surface area contributed by atoms with Crippen molar-refractivity contribution in [3.63, 3.8) is 0 Å². The molecule has 10 aromatic rings. The number of benzene rings is 8. The zero-order valence-corrected chi connectivity index (χ0v) is 27.9. The first kappa shape index (κ1) is 28.7. The molecule has 0 amide bonds. The van der Waals surface area contributed by atoms with Gasteiger partial charge in [-0.1, -0.05) is 133 Å². The summed E-state index contributed by atoms with van der Waals surface area (Å²) in [6, 6.07) is 63.5. The molecule has 0 fully saturated rings. The minimum atomic E-state index is 0.895. The third kappa shape index (κ3) is 4.74. The number of thiophene rings is 1. The van der Waals surface area contributed by atoms with Gasteiger partial charge in [-0.15, -0.1) is 11.3 Å². The smallest absolute Gasteiger partial charge is 0.138 e. The van der Waals surface area contributed by atoms with Crippen molar-refractivity contribution in [2.24, 2.45) is 0 Å². The van der Waals surface area contributed by atoms with Gasteiger partial charge in [0.15, 0.2) is 0 Å². The van der Waals surface area contributed by atoms with Crippen LogP contribution >= 0.6 is 11.3 Å². The maximum absolute atomic E-state index is 5.08. The Morgan fingerprint density at radius 3 is 1.76 bits per heavy atom. The van der Waals surface area contributed by atoms with E-state index in [9.17, 15) is 0 Å². The average Bonchev–Trinajstić information content (AvgIpc) is 3.56. The summed E-state index contributed by atoms with van der Waals surface area (Å²) in [4.78, 5) is 7.35. The molecule has 2 aromatic heterocycles. The molecule has 0 spiro atoms. The lowest BCUT2D eigenvalue weighted by atomic mass is 9.90. The van der Waals surface area contributed by atoms with Crippen LogP contribution in [0.5, 0.6) is 0 Å². The van der Waals surface area contributed by atoms with E-state index in [1.54, 1.807) is 0 Å². The van der Waals surface area contributed by atoms with Gasteiger partial charge in [0.05, 0.1) is 0 Å². The van der Waals surface area contributed by atoms with Crippen molar-refractivity contribution in [3.05, 3.63) is 182 Å². The fourth-order valence-corrected chi connectivity index (χ4v) is 8.59. The second-order valence-corrected chi connectivity index (χ2v) is 13.9. The predicted molar refractivity (Wildman–Crippen MR) is 215 cm³/mol. The highest BCUT2D eigenvalue weighted by molar-refractivity contribution is 7.25. The lowest BCUT2D eigenvalue weighted by Crippen LogP contribution is -2.11. The lowest BCUT2D eigenvalue weighted by Gasteiger charge is -2.25. The zero-order valence-electron chi connectivity index (χ0n) is 27.1. The Bertz CT molecular complexity index is 2840. The number of nitrogens with zero attached hydrogens (tertiary/aromatic N) is 2. The average molecular weight is 655 g/mol. The van der Waals surface area contributed by atoms with Crippen LogP contribution < -0.4 is 4.90 Å². The molecule has 0 atom stereocenters. The minimum absolute atomic E-state index is 0.895. The number of anilines is 3. The largest absolute Gasteiger partial charge is 0.295 e. The first-order chi connectivity index (χ1) is 24.8. The SMILES string of the molecule is c1ccc(-c2ccc(N(c3ccc(-c4cc5ccccc5c5c4ccc4ccccc45)cc3)c3cc4sc5ccccc5c4cn3)cc2)cc1. The highest BCUT2D eigenvalue weighted by atomic mass is 32.1. The Labute approximate surface area is 294 Å². The summed E-state index contributed by atoms with van der Waals surface area (Å²) in [7, 11) is 0. The number of aromatic nitrogens is 1. The van der Waals surface area contributed by atoms with Crippen LogP contribution in [0.4, 0.5) is 17.2 Å². The van der Waals surface area contributed by atoms with Crippen molar-refractivity contribution in [2.45, 2.75) is 0 Å². The first-order valence-electron chi connectivity index (χ1n) is 17.0. The van der Waals surface area contributed by atoms with Crippen LogP contribution in [0.3, 0.4) is 0 Å². The predicted octanol–water partition coefficient (Wildman–Crippen LogP) is 13.7. The van der Waals surface area contributed by atoms with Gasteiger partial charge in [-0.25, -0.2) is 4.98 Å². The number of hydrogen-bond donors (Lipinski definition) is 0. The van der Waals surface area contributed by atoms with Crippen LogP contribution in [0.25, 0.3) is 74.7 Å². The maximum atomic E-state index is 5.08. The van der Waals surface area contributed by atoms with E-state index < -0.39 is 0 Å². The summed E-state index contributed by atoms with van der Waals surface area (Å²) in [6.07, 6.45) is 2.04. The Morgan fingerprint density at radius 2 is 1.00 bits per heavy atom. The molecular formula is C47H30N2S. The number of rotatable bonds is 5. The van der Waals surface area contributed by atoms with Crippen molar-refractivity contribution in [1.82, 2.24) is 4.98 Å². The van der Waals surface area contributed by atoms with Crippen LogP contribution in [0.15, 0.2) is 182 Å². The topological polar surface area (TPSA) is 16.1 Å². The molecule has 0 N–H and O–H groups in total. The molecule has 0 saturated carbocycles. The second kappa shape index (κ2) is 11.7. The number of hydrogen-bond acceptors (Lipinski definition) is 3. The molecular weight excluding hydrogens is 625 g/mol. The van der Waals surface area contributed by atoms with E-state index in [1.807, 2.05) is 17.5 Å². The Balaban J connectivity index is 1.12. The summed E-state index contributed by atoms with van der Waals surface area (Å²) in [6.45, 7) is 0. The molecule has 8 aromatic carbocycles. The molecule has 2 nitrogen and oxygen atoms in total. The molecule has 0 bridgehead atoms. The zero-order chi connectivity index (χ0) is 33.0. The van der Waals surface area contributed by atoms with Crippen molar-refractivity contribution >= 4 is 81.0 Å². The van der Waals surface area contributed by atoms with Crippen molar-refractivity contribution in [3.8, 4) is 22.3 Å². The van der Waals surface area contributed by atoms with Crippen LogP contribution in [0, 0.1) is 0 Å². The van der Waals surface area contributed by atoms with Crippen molar-refractivity contribution in [2.75, 3.05) is 4.90 Å². The summed E-state index contributed by atoms with van der Waals surface area (Å²) in [5.74, 6) is 0.895. The molecule has 0 aliphatic heterocycles. The summed E-state index contributed by atoms with van der Waals surface area (Å²) >= 11 is 1.82. The summed E-state index contributed by atoms with van der Waals surface area (Å²) in [5.41, 5.74) is 6.94. The van der Waals surface area contributed by atoms with Crippen LogP contribution in [0.1, 0.15) is 0 Å². The van der Waals surface area contributed by atoms with E-state index in [2.05, 4.69) is 181 Å². The lowest BCUT2D eigenvalue weighted by molar-refractivity contribution is 1.19. The Hall–Kier alpha value is -6.29. The van der Waals surface area contributed by atoms with E-state index in [0.717, 1.165) is 17.2 Å². The first-order valence-corrected chi connectivity index (χ1v) is 17.8. The molecule has 10 rings (SSSR count). The molecule has 2 heterocycles. The van der Waals surface area contributed by atoms with Gasteiger partial charge in [-0.3, -0.25) is 4.90 Å². The Kier molecular flexibility index (Phi) is 6.71. The number of fused-ring (bicyclic) bond motifs is 8. The highest BCUT2D eigenvalue weighted by Crippen LogP contribution is 2.42. The van der Waals surface area contributed by atoms with Crippen LogP contribution in [-0.4, -0.2) is 4.98 Å². The second-order valence-electron chi connectivity index (χ2n) is 12.8. The van der Waals surface area contributed by atoms with Gasteiger partial charge in [0.2, 0.25) is 0 Å². The molecule has 0 radical (unpaired) electrons. The molecule has 50 heavy (non-hydrogen) atoms. The molecule has 234 valence electrons. The van der Waals surface area contributed by atoms with Gasteiger partial charge >= 0.3 is 0 Å². The van der Waals surface area contributed by atoms with E-state index in [-0.39, 0.29) is 0 Å². The molecule has 0 saturated heterocycles. The van der Waals surface area contributed by atoms with Gasteiger partial charge < -0.3 is 0 Å². The molecule has 0 aliphatic carbocycles. The standard InChI is InChI=1S/C47H30N2S/c1-2-10-31(11-3-1)32-18-23-36(24-19-32)49(46-29-45-43(30-48-46)40-16-8-9-17-44(40)50-45)37-25-20-34(21-26-37)42-28-35-13-5-7-15-39(35)47-38-14-6-4-12-33(38)22-27-41(42)47/h1-30H. The van der Waals surface area contributed by atoms with Crippen LogP contribution in [-0.2, 0) is 0 Å². The fourth-order valence-electron chi connectivity index (χ4n) is 7.48. The van der Waals surface area contributed by atoms with Crippen molar-refractivity contribution in [1.29, 1.82) is 0 Å². The normalized spacial score (nSPS) is 11.6. The van der Waals surface area contributed by atoms with E-state index in [0.29, 0.717) is 0 Å².